The molecule has 0 aliphatic carbocycles. The lowest BCUT2D eigenvalue weighted by Crippen LogP contribution is -2.39. The Bertz CT molecular complexity index is 1020. The highest BCUT2D eigenvalue weighted by Crippen LogP contribution is 2.23. The van der Waals surface area contributed by atoms with Crippen LogP contribution in [0, 0.1) is 0 Å². The van der Waals surface area contributed by atoms with E-state index in [1.807, 2.05) is 0 Å². The molecule has 0 saturated heterocycles. The van der Waals surface area contributed by atoms with Crippen LogP contribution in [-0.2, 0) is 16.6 Å². The highest BCUT2D eigenvalue weighted by Gasteiger charge is 2.22. The van der Waals surface area contributed by atoms with Gasteiger partial charge in [0, 0.05) is 17.0 Å². The van der Waals surface area contributed by atoms with Crippen LogP contribution in [-0.4, -0.2) is 39.4 Å². The summed E-state index contributed by atoms with van der Waals surface area (Å²) in [4.78, 5) is 0.00926. The standard InChI is InChI=1S/C23H42N.C7H5NO3S/c1-4-5-6-7-8-9-10-11-12-13-14-18-21-24(2,3)22-23-19-16-15-17-20-23;9-7-5-3-1-2-4-6(5)12(10,11)8-7/h15-17,19-20H,4-14,18,21-22H2,1-3H3;1-4H,(H,8,9)/q+1;/p-1. The Morgan fingerprint density at radius 1 is 0.722 bits per heavy atom. The van der Waals surface area contributed by atoms with Crippen molar-refractivity contribution in [1.29, 1.82) is 0 Å². The van der Waals surface area contributed by atoms with Crippen molar-refractivity contribution < 1.29 is 18.0 Å². The smallest absolute Gasteiger partial charge is 0.282 e. The van der Waals surface area contributed by atoms with Crippen molar-refractivity contribution in [3.63, 3.8) is 0 Å². The molecule has 0 bridgehead atoms. The molecule has 0 aromatic heterocycles. The molecule has 0 saturated carbocycles. The fraction of sp³-hybridized carbons (Fsp3) is 0.567. The second-order valence-corrected chi connectivity index (χ2v) is 12.1. The molecule has 36 heavy (non-hydrogen) atoms. The van der Waals surface area contributed by atoms with Gasteiger partial charge in [-0.3, -0.25) is 0 Å². The van der Waals surface area contributed by atoms with E-state index in [2.05, 4.69) is 55.7 Å². The van der Waals surface area contributed by atoms with Crippen LogP contribution in [0.1, 0.15) is 95.1 Å². The minimum absolute atomic E-state index is 0.00926. The van der Waals surface area contributed by atoms with Crippen LogP contribution in [0.15, 0.2) is 63.9 Å². The summed E-state index contributed by atoms with van der Waals surface area (Å²) in [6.45, 7) is 4.74. The minimum Gasteiger partial charge on any atom is -0.858 e. The van der Waals surface area contributed by atoms with Crippen LogP contribution >= 0.6 is 0 Å². The molecule has 1 aliphatic rings. The van der Waals surface area contributed by atoms with Gasteiger partial charge in [0.25, 0.3) is 10.0 Å². The van der Waals surface area contributed by atoms with Gasteiger partial charge in [-0.25, -0.2) is 0 Å². The summed E-state index contributed by atoms with van der Waals surface area (Å²) < 4.78 is 26.3. The monoisotopic (exact) mass is 514 g/mol. The Hall–Kier alpha value is -2.18. The Morgan fingerprint density at radius 2 is 1.22 bits per heavy atom. The van der Waals surface area contributed by atoms with Gasteiger partial charge in [-0.2, -0.15) is 12.8 Å². The minimum atomic E-state index is -3.68. The third-order valence-corrected chi connectivity index (χ3v) is 7.99. The van der Waals surface area contributed by atoms with E-state index in [4.69, 9.17) is 0 Å². The van der Waals surface area contributed by atoms with Gasteiger partial charge in [-0.05, 0) is 18.9 Å². The highest BCUT2D eigenvalue weighted by molar-refractivity contribution is 7.90. The molecule has 6 heteroatoms. The number of hydrogen-bond donors (Lipinski definition) is 0. The number of benzene rings is 2. The van der Waals surface area contributed by atoms with E-state index in [1.165, 1.54) is 101 Å². The van der Waals surface area contributed by atoms with Crippen molar-refractivity contribution in [3.8, 4) is 0 Å². The first-order chi connectivity index (χ1) is 17.2. The molecule has 0 unspecified atom stereocenters. The zero-order valence-electron chi connectivity index (χ0n) is 22.6. The summed E-state index contributed by atoms with van der Waals surface area (Å²) in [6, 6.07) is 16.9. The van der Waals surface area contributed by atoms with Crippen molar-refractivity contribution in [2.75, 3.05) is 20.6 Å². The van der Waals surface area contributed by atoms with Crippen LogP contribution in [0.3, 0.4) is 0 Å². The van der Waals surface area contributed by atoms with E-state index in [9.17, 15) is 13.5 Å². The Balaban J connectivity index is 0.000000313. The molecule has 0 amide bonds. The first-order valence-electron chi connectivity index (χ1n) is 13.7. The van der Waals surface area contributed by atoms with Crippen molar-refractivity contribution in [3.05, 3.63) is 65.7 Å². The molecule has 0 N–H and O–H groups in total. The Kier molecular flexibility index (Phi) is 13.2. The average Bonchev–Trinajstić information content (AvgIpc) is 3.09. The average molecular weight is 515 g/mol. The van der Waals surface area contributed by atoms with E-state index in [-0.39, 0.29) is 10.5 Å². The Morgan fingerprint density at radius 3 is 1.78 bits per heavy atom. The summed E-state index contributed by atoms with van der Waals surface area (Å²) in [6.07, 6.45) is 17.2. The molecule has 0 radical (unpaired) electrons. The van der Waals surface area contributed by atoms with Crippen LogP contribution < -0.4 is 5.11 Å². The van der Waals surface area contributed by atoms with Gasteiger partial charge in [0.05, 0.1) is 25.5 Å². The first kappa shape index (κ1) is 30.0. The SMILES string of the molecule is CCCCCCCCCCCCCC[N+](C)(C)Cc1ccccc1.O=S1(=O)N=C([O-])c2ccccc21. The van der Waals surface area contributed by atoms with Crippen molar-refractivity contribution in [2.24, 2.45) is 4.40 Å². The predicted molar refractivity (Wildman–Crippen MR) is 148 cm³/mol. The molecule has 0 atom stereocenters. The van der Waals surface area contributed by atoms with Crippen molar-refractivity contribution in [1.82, 2.24) is 0 Å². The zero-order valence-corrected chi connectivity index (χ0v) is 23.4. The van der Waals surface area contributed by atoms with E-state index < -0.39 is 15.9 Å². The molecule has 1 heterocycles. The molecular weight excluding hydrogens is 468 g/mol. The maximum Gasteiger partial charge on any atom is 0.282 e. The number of sulfonamides is 1. The number of nitrogens with zero attached hydrogens (tertiary/aromatic N) is 2. The summed E-state index contributed by atoms with van der Waals surface area (Å²) in [5.74, 6) is -0.675. The van der Waals surface area contributed by atoms with Gasteiger partial charge in [0.2, 0.25) is 0 Å². The van der Waals surface area contributed by atoms with E-state index >= 15 is 0 Å². The maximum atomic E-state index is 11.1. The van der Waals surface area contributed by atoms with Gasteiger partial charge in [-0.15, -0.1) is 0 Å². The van der Waals surface area contributed by atoms with E-state index in [0.29, 0.717) is 0 Å². The topological polar surface area (TPSA) is 69.6 Å². The number of unbranched alkanes of at least 4 members (excludes halogenated alkanes) is 11. The van der Waals surface area contributed by atoms with Gasteiger partial charge >= 0.3 is 0 Å². The molecule has 2 aromatic carbocycles. The fourth-order valence-electron chi connectivity index (χ4n) is 4.61. The Labute approximate surface area is 219 Å². The lowest BCUT2D eigenvalue weighted by molar-refractivity contribution is -0.903. The normalized spacial score (nSPS) is 14.0. The second kappa shape index (κ2) is 15.8. The molecule has 0 fully saturated rings. The van der Waals surface area contributed by atoms with E-state index in [0.717, 1.165) is 11.0 Å². The molecule has 3 rings (SSSR count). The van der Waals surface area contributed by atoms with Crippen molar-refractivity contribution in [2.45, 2.75) is 95.4 Å². The van der Waals surface area contributed by atoms with Crippen LogP contribution in [0.25, 0.3) is 0 Å². The van der Waals surface area contributed by atoms with Gasteiger partial charge in [0.1, 0.15) is 6.54 Å². The molecule has 0 spiro atoms. The largest absolute Gasteiger partial charge is 0.858 e. The lowest BCUT2D eigenvalue weighted by atomic mass is 10.1. The third kappa shape index (κ3) is 11.3. The second-order valence-electron chi connectivity index (χ2n) is 10.6. The fourth-order valence-corrected chi connectivity index (χ4v) is 5.71. The van der Waals surface area contributed by atoms with Gasteiger partial charge in [-0.1, -0.05) is 120 Å². The number of quaternary nitrogens is 1. The van der Waals surface area contributed by atoms with Gasteiger partial charge in [0.15, 0.2) is 0 Å². The lowest BCUT2D eigenvalue weighted by Gasteiger charge is -2.30. The number of fused-ring (bicyclic) bond motifs is 1. The zero-order chi connectivity index (χ0) is 26.3. The number of hydrogen-bond acceptors (Lipinski definition) is 3. The summed E-state index contributed by atoms with van der Waals surface area (Å²) >= 11 is 0. The van der Waals surface area contributed by atoms with Gasteiger partial charge < -0.3 is 9.59 Å². The predicted octanol–water partition coefficient (Wildman–Crippen LogP) is 6.46. The molecular formula is C30H46N2O3S. The summed E-state index contributed by atoms with van der Waals surface area (Å²) in [5, 5.41) is 10.9. The maximum absolute atomic E-state index is 11.1. The molecule has 5 nitrogen and oxygen atoms in total. The number of rotatable bonds is 15. The van der Waals surface area contributed by atoms with E-state index in [1.54, 1.807) is 12.1 Å². The third-order valence-electron chi connectivity index (χ3n) is 6.67. The summed E-state index contributed by atoms with van der Waals surface area (Å²) in [7, 11) is 1.05. The molecule has 2 aromatic rings. The first-order valence-corrected chi connectivity index (χ1v) is 15.2. The van der Waals surface area contributed by atoms with Crippen LogP contribution in [0.2, 0.25) is 0 Å². The quantitative estimate of drug-likeness (QED) is 0.202. The van der Waals surface area contributed by atoms with Crippen LogP contribution in [0.5, 0.6) is 0 Å². The molecule has 200 valence electrons. The highest BCUT2D eigenvalue weighted by atomic mass is 32.2. The molecule has 1 aliphatic heterocycles. The van der Waals surface area contributed by atoms with Crippen LogP contribution in [0.4, 0.5) is 0 Å². The van der Waals surface area contributed by atoms with Crippen molar-refractivity contribution >= 4 is 15.9 Å². The summed E-state index contributed by atoms with van der Waals surface area (Å²) in [5.41, 5.74) is 1.62.